The molecule has 3 rings (SSSR count). The molecule has 1 N–H and O–H groups in total. The van der Waals surface area contributed by atoms with Crippen LogP contribution in [0.25, 0.3) is 10.9 Å². The maximum atomic E-state index is 13.0. The van der Waals surface area contributed by atoms with Gasteiger partial charge < -0.3 is 5.32 Å². The van der Waals surface area contributed by atoms with E-state index in [1.807, 2.05) is 18.2 Å². The van der Waals surface area contributed by atoms with E-state index in [2.05, 4.69) is 10.3 Å². The summed E-state index contributed by atoms with van der Waals surface area (Å²) in [5, 5.41) is 5.23. The van der Waals surface area contributed by atoms with Crippen molar-refractivity contribution in [2.75, 3.05) is 5.32 Å². The molecular weight excluding hydrogens is 310 g/mol. The number of halogens is 3. The van der Waals surface area contributed by atoms with Gasteiger partial charge in [0.25, 0.3) is 0 Å². The second kappa shape index (κ2) is 5.88. The van der Waals surface area contributed by atoms with Gasteiger partial charge in [-0.25, -0.2) is 4.39 Å². The SMILES string of the molecule is Fc1ccc(CNc2ccc(Cl)c3ncccc23)c(Cl)c1. The van der Waals surface area contributed by atoms with Gasteiger partial charge in [0, 0.05) is 28.8 Å². The van der Waals surface area contributed by atoms with E-state index in [1.165, 1.54) is 12.1 Å². The van der Waals surface area contributed by atoms with E-state index >= 15 is 0 Å². The average Bonchev–Trinajstić information content (AvgIpc) is 2.48. The normalized spacial score (nSPS) is 10.8. The summed E-state index contributed by atoms with van der Waals surface area (Å²) in [5.41, 5.74) is 2.47. The summed E-state index contributed by atoms with van der Waals surface area (Å²) in [7, 11) is 0. The zero-order chi connectivity index (χ0) is 14.8. The number of benzene rings is 2. The number of fused-ring (bicyclic) bond motifs is 1. The Kier molecular flexibility index (Phi) is 3.95. The molecular formula is C16H11Cl2FN2. The van der Waals surface area contributed by atoms with Gasteiger partial charge in [-0.3, -0.25) is 4.98 Å². The van der Waals surface area contributed by atoms with Crippen LogP contribution in [0.15, 0.2) is 48.7 Å². The fourth-order valence-corrected chi connectivity index (χ4v) is 2.60. The fourth-order valence-electron chi connectivity index (χ4n) is 2.15. The molecule has 2 aromatic carbocycles. The van der Waals surface area contributed by atoms with Crippen molar-refractivity contribution in [3.05, 3.63) is 70.1 Å². The van der Waals surface area contributed by atoms with E-state index in [1.54, 1.807) is 18.3 Å². The highest BCUT2D eigenvalue weighted by molar-refractivity contribution is 6.35. The van der Waals surface area contributed by atoms with E-state index in [-0.39, 0.29) is 5.82 Å². The van der Waals surface area contributed by atoms with E-state index in [4.69, 9.17) is 23.2 Å². The van der Waals surface area contributed by atoms with Crippen LogP contribution in [0.1, 0.15) is 5.56 Å². The summed E-state index contributed by atoms with van der Waals surface area (Å²) < 4.78 is 13.0. The molecule has 0 unspecified atom stereocenters. The highest BCUT2D eigenvalue weighted by Gasteiger charge is 2.07. The lowest BCUT2D eigenvalue weighted by Crippen LogP contribution is -2.01. The van der Waals surface area contributed by atoms with Gasteiger partial charge in [0.15, 0.2) is 0 Å². The number of pyridine rings is 1. The number of nitrogens with zero attached hydrogens (tertiary/aromatic N) is 1. The predicted molar refractivity (Wildman–Crippen MR) is 85.5 cm³/mol. The van der Waals surface area contributed by atoms with Crippen molar-refractivity contribution in [2.24, 2.45) is 0 Å². The summed E-state index contributed by atoms with van der Waals surface area (Å²) in [6.45, 7) is 0.491. The van der Waals surface area contributed by atoms with Crippen LogP contribution in [-0.4, -0.2) is 4.98 Å². The topological polar surface area (TPSA) is 24.9 Å². The van der Waals surface area contributed by atoms with Crippen molar-refractivity contribution < 1.29 is 4.39 Å². The first-order chi connectivity index (χ1) is 10.1. The molecule has 0 aliphatic rings. The van der Waals surface area contributed by atoms with Crippen LogP contribution in [0.2, 0.25) is 10.0 Å². The monoisotopic (exact) mass is 320 g/mol. The number of aromatic nitrogens is 1. The fraction of sp³-hybridized carbons (Fsp3) is 0.0625. The van der Waals surface area contributed by atoms with Crippen LogP contribution in [0.4, 0.5) is 10.1 Å². The third kappa shape index (κ3) is 2.94. The van der Waals surface area contributed by atoms with Gasteiger partial charge in [-0.05, 0) is 42.0 Å². The quantitative estimate of drug-likeness (QED) is 0.709. The third-order valence-corrected chi connectivity index (χ3v) is 3.86. The summed E-state index contributed by atoms with van der Waals surface area (Å²) in [6.07, 6.45) is 1.70. The first-order valence-electron chi connectivity index (χ1n) is 6.36. The zero-order valence-corrected chi connectivity index (χ0v) is 12.4. The minimum Gasteiger partial charge on any atom is -0.380 e. The van der Waals surface area contributed by atoms with Crippen molar-refractivity contribution in [3.63, 3.8) is 0 Å². The molecule has 0 bridgehead atoms. The largest absolute Gasteiger partial charge is 0.380 e. The van der Waals surface area contributed by atoms with Crippen LogP contribution in [-0.2, 0) is 6.54 Å². The molecule has 0 amide bonds. The molecule has 0 saturated carbocycles. The molecule has 2 nitrogen and oxygen atoms in total. The number of hydrogen-bond acceptors (Lipinski definition) is 2. The number of hydrogen-bond donors (Lipinski definition) is 1. The lowest BCUT2D eigenvalue weighted by atomic mass is 10.1. The Morgan fingerprint density at radius 3 is 2.71 bits per heavy atom. The second-order valence-corrected chi connectivity index (χ2v) is 5.40. The van der Waals surface area contributed by atoms with Gasteiger partial charge in [-0.1, -0.05) is 29.3 Å². The van der Waals surface area contributed by atoms with Gasteiger partial charge in [0.05, 0.1) is 10.5 Å². The van der Waals surface area contributed by atoms with E-state index in [0.717, 1.165) is 22.2 Å². The van der Waals surface area contributed by atoms with Crippen LogP contribution >= 0.6 is 23.2 Å². The Hall–Kier alpha value is -1.84. The Morgan fingerprint density at radius 1 is 1.05 bits per heavy atom. The van der Waals surface area contributed by atoms with Crippen LogP contribution in [0, 0.1) is 5.82 Å². The van der Waals surface area contributed by atoms with Crippen LogP contribution < -0.4 is 5.32 Å². The Labute approximate surface area is 131 Å². The molecule has 0 spiro atoms. The molecule has 0 atom stereocenters. The van der Waals surface area contributed by atoms with Gasteiger partial charge in [0.1, 0.15) is 5.82 Å². The lowest BCUT2D eigenvalue weighted by Gasteiger charge is -2.11. The van der Waals surface area contributed by atoms with Crippen molar-refractivity contribution in [1.29, 1.82) is 0 Å². The van der Waals surface area contributed by atoms with E-state index < -0.39 is 0 Å². The zero-order valence-electron chi connectivity index (χ0n) is 10.9. The first kappa shape index (κ1) is 14.1. The Morgan fingerprint density at radius 2 is 1.90 bits per heavy atom. The van der Waals surface area contributed by atoms with Gasteiger partial charge >= 0.3 is 0 Å². The smallest absolute Gasteiger partial charge is 0.124 e. The highest BCUT2D eigenvalue weighted by atomic mass is 35.5. The van der Waals surface area contributed by atoms with E-state index in [9.17, 15) is 4.39 Å². The minimum atomic E-state index is -0.343. The average molecular weight is 321 g/mol. The summed E-state index contributed by atoms with van der Waals surface area (Å²) in [4.78, 5) is 4.28. The minimum absolute atomic E-state index is 0.343. The second-order valence-electron chi connectivity index (χ2n) is 4.58. The van der Waals surface area contributed by atoms with Gasteiger partial charge in [0.2, 0.25) is 0 Å². The molecule has 0 saturated heterocycles. The standard InChI is InChI=1S/C16H11Cl2FN2/c17-13-5-6-15(12-2-1-7-20-16(12)13)21-9-10-3-4-11(19)8-14(10)18/h1-8,21H,9H2. The van der Waals surface area contributed by atoms with E-state index in [0.29, 0.717) is 16.6 Å². The maximum Gasteiger partial charge on any atom is 0.124 e. The molecule has 1 aromatic heterocycles. The molecule has 0 aliphatic heterocycles. The van der Waals surface area contributed by atoms with Crippen molar-refractivity contribution in [2.45, 2.75) is 6.54 Å². The first-order valence-corrected chi connectivity index (χ1v) is 7.12. The maximum absolute atomic E-state index is 13.0. The van der Waals surface area contributed by atoms with Crippen LogP contribution in [0.5, 0.6) is 0 Å². The van der Waals surface area contributed by atoms with Crippen molar-refractivity contribution in [1.82, 2.24) is 4.98 Å². The molecule has 0 aliphatic carbocycles. The van der Waals surface area contributed by atoms with Crippen molar-refractivity contribution >= 4 is 39.8 Å². The molecule has 3 aromatic rings. The number of anilines is 1. The molecule has 5 heteroatoms. The molecule has 0 radical (unpaired) electrons. The third-order valence-electron chi connectivity index (χ3n) is 3.20. The highest BCUT2D eigenvalue weighted by Crippen LogP contribution is 2.28. The molecule has 106 valence electrons. The van der Waals surface area contributed by atoms with Crippen LogP contribution in [0.3, 0.4) is 0 Å². The molecule has 21 heavy (non-hydrogen) atoms. The molecule has 1 heterocycles. The number of rotatable bonds is 3. The Balaban J connectivity index is 1.90. The lowest BCUT2D eigenvalue weighted by molar-refractivity contribution is 0.627. The summed E-state index contributed by atoms with van der Waals surface area (Å²) >= 11 is 12.2. The van der Waals surface area contributed by atoms with Gasteiger partial charge in [-0.2, -0.15) is 0 Å². The van der Waals surface area contributed by atoms with Gasteiger partial charge in [-0.15, -0.1) is 0 Å². The summed E-state index contributed by atoms with van der Waals surface area (Å²) in [6, 6.07) is 11.9. The van der Waals surface area contributed by atoms with Crippen molar-refractivity contribution in [3.8, 4) is 0 Å². The number of nitrogens with one attached hydrogen (secondary N) is 1. The Bertz CT molecular complexity index is 805. The summed E-state index contributed by atoms with van der Waals surface area (Å²) in [5.74, 6) is -0.343. The predicted octanol–water partition coefficient (Wildman–Crippen LogP) is 5.29. The molecule has 0 fully saturated rings.